The molecule has 0 aliphatic rings. The van der Waals surface area contributed by atoms with E-state index in [0.717, 1.165) is 5.39 Å². The van der Waals surface area contributed by atoms with E-state index in [4.69, 9.17) is 37.1 Å². The van der Waals surface area contributed by atoms with E-state index in [2.05, 4.69) is 4.98 Å². The molecule has 3 aromatic rings. The van der Waals surface area contributed by atoms with Crippen LogP contribution in [0.15, 0.2) is 41.3 Å². The third kappa shape index (κ3) is 2.61. The molecule has 2 heterocycles. The summed E-state index contributed by atoms with van der Waals surface area (Å²) in [6.07, 6.45) is 5.18. The Morgan fingerprint density at radius 2 is 2.00 bits per heavy atom. The summed E-state index contributed by atoms with van der Waals surface area (Å²) < 4.78 is 18.9. The number of aromatic nitrogens is 2. The zero-order valence-corrected chi connectivity index (χ0v) is 13.6. The van der Waals surface area contributed by atoms with Crippen LogP contribution in [0.1, 0.15) is 5.76 Å². The molecule has 0 spiro atoms. The van der Waals surface area contributed by atoms with Crippen LogP contribution in [0, 0.1) is 0 Å². The summed E-state index contributed by atoms with van der Waals surface area (Å²) in [5.41, 5.74) is 0.546. The maximum atomic E-state index is 6.18. The first-order valence-corrected chi connectivity index (χ1v) is 7.28. The zero-order valence-electron chi connectivity index (χ0n) is 12.0. The molecule has 0 bridgehead atoms. The number of halogens is 2. The van der Waals surface area contributed by atoms with Crippen LogP contribution in [0.5, 0.6) is 0 Å². The molecule has 0 unspecified atom stereocenters. The standard InChI is InChI=1S/C15H14Cl2N2O3/c1-20-15(21-2,8-19-4-3-18-9-19)13-6-10-5-11(16)7-12(17)14(10)22-13/h3-7,9H,8H2,1-2H3. The molecule has 0 aliphatic carbocycles. The SMILES string of the molecule is COC(Cn1ccnc1)(OC)c1cc2cc(Cl)cc(Cl)c2o1. The highest BCUT2D eigenvalue weighted by atomic mass is 35.5. The topological polar surface area (TPSA) is 49.4 Å². The maximum absolute atomic E-state index is 6.18. The molecule has 116 valence electrons. The lowest BCUT2D eigenvalue weighted by Gasteiger charge is -2.28. The van der Waals surface area contributed by atoms with Gasteiger partial charge in [0.25, 0.3) is 0 Å². The maximum Gasteiger partial charge on any atom is 0.246 e. The summed E-state index contributed by atoms with van der Waals surface area (Å²) in [7, 11) is 3.12. The monoisotopic (exact) mass is 340 g/mol. The Morgan fingerprint density at radius 1 is 1.23 bits per heavy atom. The van der Waals surface area contributed by atoms with Crippen molar-refractivity contribution in [3.8, 4) is 0 Å². The molecule has 7 heteroatoms. The molecule has 3 rings (SSSR count). The Hall–Kier alpha value is -1.53. The number of hydrogen-bond acceptors (Lipinski definition) is 4. The lowest BCUT2D eigenvalue weighted by molar-refractivity contribution is -0.234. The molecule has 0 N–H and O–H groups in total. The van der Waals surface area contributed by atoms with Gasteiger partial charge in [0, 0.05) is 37.0 Å². The molecule has 0 atom stereocenters. The smallest absolute Gasteiger partial charge is 0.246 e. The number of nitrogens with zero attached hydrogens (tertiary/aromatic N) is 2. The summed E-state index contributed by atoms with van der Waals surface area (Å²) in [6, 6.07) is 5.23. The lowest BCUT2D eigenvalue weighted by atomic mass is 10.1. The summed E-state index contributed by atoms with van der Waals surface area (Å²) in [6.45, 7) is 0.380. The van der Waals surface area contributed by atoms with E-state index >= 15 is 0 Å². The molecular weight excluding hydrogens is 327 g/mol. The molecule has 2 aromatic heterocycles. The van der Waals surface area contributed by atoms with Gasteiger partial charge in [-0.2, -0.15) is 0 Å². The summed E-state index contributed by atoms with van der Waals surface area (Å²) in [5.74, 6) is -0.583. The first-order valence-electron chi connectivity index (χ1n) is 6.53. The number of ether oxygens (including phenoxy) is 2. The largest absolute Gasteiger partial charge is 0.454 e. The van der Waals surface area contributed by atoms with Gasteiger partial charge >= 0.3 is 0 Å². The van der Waals surface area contributed by atoms with Gasteiger partial charge in [-0.25, -0.2) is 4.98 Å². The van der Waals surface area contributed by atoms with E-state index in [0.29, 0.717) is 27.9 Å². The van der Waals surface area contributed by atoms with E-state index in [1.54, 1.807) is 38.9 Å². The van der Waals surface area contributed by atoms with Crippen molar-refractivity contribution in [2.75, 3.05) is 14.2 Å². The van der Waals surface area contributed by atoms with Crippen molar-refractivity contribution in [2.45, 2.75) is 12.3 Å². The first-order chi connectivity index (χ1) is 10.6. The van der Waals surface area contributed by atoms with Crippen molar-refractivity contribution >= 4 is 34.2 Å². The Labute approximate surface area is 137 Å². The molecule has 0 radical (unpaired) electrons. The van der Waals surface area contributed by atoms with Gasteiger partial charge in [-0.15, -0.1) is 0 Å². The second kappa shape index (κ2) is 5.93. The molecule has 0 saturated heterocycles. The second-order valence-electron chi connectivity index (χ2n) is 4.81. The average Bonchev–Trinajstić information content (AvgIpc) is 3.14. The highest BCUT2D eigenvalue weighted by molar-refractivity contribution is 6.38. The number of hydrogen-bond donors (Lipinski definition) is 0. The van der Waals surface area contributed by atoms with E-state index in [1.165, 1.54) is 0 Å². The van der Waals surface area contributed by atoms with Crippen LogP contribution in [0.3, 0.4) is 0 Å². The number of benzene rings is 1. The van der Waals surface area contributed by atoms with Gasteiger partial charge < -0.3 is 18.5 Å². The van der Waals surface area contributed by atoms with Gasteiger partial charge in [0.1, 0.15) is 0 Å². The van der Waals surface area contributed by atoms with Crippen LogP contribution in [0.4, 0.5) is 0 Å². The summed E-state index contributed by atoms with van der Waals surface area (Å²) in [4.78, 5) is 4.02. The number of imidazole rings is 1. The molecule has 0 fully saturated rings. The van der Waals surface area contributed by atoms with E-state index in [1.807, 2.05) is 16.8 Å². The van der Waals surface area contributed by atoms with Gasteiger partial charge in [-0.3, -0.25) is 0 Å². The molecule has 1 aromatic carbocycles. The van der Waals surface area contributed by atoms with E-state index in [-0.39, 0.29) is 0 Å². The van der Waals surface area contributed by atoms with Crippen molar-refractivity contribution in [3.05, 3.63) is 52.7 Å². The van der Waals surface area contributed by atoms with Crippen LogP contribution in [-0.4, -0.2) is 23.8 Å². The third-order valence-corrected chi connectivity index (χ3v) is 4.02. The Bertz CT molecular complexity index is 780. The quantitative estimate of drug-likeness (QED) is 0.656. The highest BCUT2D eigenvalue weighted by Gasteiger charge is 2.37. The number of rotatable bonds is 5. The Balaban J connectivity index is 2.10. The average molecular weight is 341 g/mol. The fraction of sp³-hybridized carbons (Fsp3) is 0.267. The minimum absolute atomic E-state index is 0.380. The van der Waals surface area contributed by atoms with Crippen molar-refractivity contribution in [1.82, 2.24) is 9.55 Å². The van der Waals surface area contributed by atoms with Gasteiger partial charge in [-0.05, 0) is 18.2 Å². The van der Waals surface area contributed by atoms with Crippen LogP contribution in [-0.2, 0) is 21.8 Å². The Morgan fingerprint density at radius 3 is 2.64 bits per heavy atom. The van der Waals surface area contributed by atoms with Crippen molar-refractivity contribution < 1.29 is 13.9 Å². The van der Waals surface area contributed by atoms with E-state index < -0.39 is 5.79 Å². The highest BCUT2D eigenvalue weighted by Crippen LogP contribution is 2.36. The Kier molecular flexibility index (Phi) is 4.14. The van der Waals surface area contributed by atoms with Crippen LogP contribution < -0.4 is 0 Å². The third-order valence-electron chi connectivity index (χ3n) is 3.52. The van der Waals surface area contributed by atoms with Gasteiger partial charge in [0.15, 0.2) is 11.3 Å². The molecule has 0 amide bonds. The fourth-order valence-electron chi connectivity index (χ4n) is 2.38. The normalized spacial score (nSPS) is 12.2. The first kappa shape index (κ1) is 15.4. The predicted octanol–water partition coefficient (Wildman–Crippen LogP) is 4.08. The minimum atomic E-state index is -1.09. The number of methoxy groups -OCH3 is 2. The number of fused-ring (bicyclic) bond motifs is 1. The van der Waals surface area contributed by atoms with Gasteiger partial charge in [-0.1, -0.05) is 23.2 Å². The molecule has 0 aliphatic heterocycles. The van der Waals surface area contributed by atoms with Crippen LogP contribution in [0.2, 0.25) is 10.0 Å². The van der Waals surface area contributed by atoms with Crippen LogP contribution in [0.25, 0.3) is 11.0 Å². The zero-order chi connectivity index (χ0) is 15.7. The van der Waals surface area contributed by atoms with Crippen molar-refractivity contribution in [3.63, 3.8) is 0 Å². The molecular formula is C15H14Cl2N2O3. The van der Waals surface area contributed by atoms with Crippen molar-refractivity contribution in [1.29, 1.82) is 0 Å². The lowest BCUT2D eigenvalue weighted by Crippen LogP contribution is -2.35. The predicted molar refractivity (Wildman–Crippen MR) is 84.2 cm³/mol. The van der Waals surface area contributed by atoms with Gasteiger partial charge in [0.05, 0.1) is 17.9 Å². The molecule has 22 heavy (non-hydrogen) atoms. The summed E-state index contributed by atoms with van der Waals surface area (Å²) in [5, 5.41) is 1.77. The number of furan rings is 1. The molecule has 0 saturated carbocycles. The molecule has 5 nitrogen and oxygen atoms in total. The second-order valence-corrected chi connectivity index (χ2v) is 5.66. The fourth-order valence-corrected chi connectivity index (χ4v) is 2.92. The minimum Gasteiger partial charge on any atom is -0.454 e. The van der Waals surface area contributed by atoms with E-state index in [9.17, 15) is 0 Å². The van der Waals surface area contributed by atoms with Gasteiger partial charge in [0.2, 0.25) is 5.79 Å². The van der Waals surface area contributed by atoms with Crippen LogP contribution >= 0.6 is 23.2 Å². The van der Waals surface area contributed by atoms with Crippen molar-refractivity contribution in [2.24, 2.45) is 0 Å². The summed E-state index contributed by atoms with van der Waals surface area (Å²) >= 11 is 12.2.